The maximum absolute atomic E-state index is 10.7. The van der Waals surface area contributed by atoms with Crippen LogP contribution in [-0.4, -0.2) is 23.2 Å². The third-order valence-corrected chi connectivity index (χ3v) is 6.34. The predicted octanol–water partition coefficient (Wildman–Crippen LogP) is 5.32. The predicted molar refractivity (Wildman–Crippen MR) is 120 cm³/mol. The first-order valence-corrected chi connectivity index (χ1v) is 11.2. The van der Waals surface area contributed by atoms with E-state index in [-0.39, 0.29) is 12.5 Å². The van der Waals surface area contributed by atoms with Crippen molar-refractivity contribution >= 4 is 5.97 Å². The molecule has 2 aliphatic carbocycles. The van der Waals surface area contributed by atoms with E-state index in [0.29, 0.717) is 18.4 Å². The van der Waals surface area contributed by atoms with Gasteiger partial charge in [0.2, 0.25) is 0 Å². The molecule has 0 aromatic heterocycles. The number of carboxylic acids is 1. The Hall–Kier alpha value is -2.79. The molecule has 1 heterocycles. The van der Waals surface area contributed by atoms with E-state index < -0.39 is 5.97 Å². The van der Waals surface area contributed by atoms with E-state index in [0.717, 1.165) is 49.2 Å². The van der Waals surface area contributed by atoms with Gasteiger partial charge in [0.05, 0.1) is 6.04 Å². The number of allylic oxidation sites excluding steroid dienone is 4. The van der Waals surface area contributed by atoms with Crippen LogP contribution in [0.2, 0.25) is 0 Å². The summed E-state index contributed by atoms with van der Waals surface area (Å²) in [7, 11) is 0. The van der Waals surface area contributed by atoms with E-state index in [1.54, 1.807) is 12.5 Å². The first kappa shape index (κ1) is 21.4. The number of aliphatic carboxylic acids is 1. The summed E-state index contributed by atoms with van der Waals surface area (Å²) in [6.07, 6.45) is 15.8. The molecule has 1 fully saturated rings. The summed E-state index contributed by atoms with van der Waals surface area (Å²) in [5.74, 6) is 1.41. The highest BCUT2D eigenvalue weighted by Crippen LogP contribution is 2.35. The van der Waals surface area contributed by atoms with Crippen molar-refractivity contribution in [3.63, 3.8) is 0 Å². The molecule has 1 saturated carbocycles. The molecule has 2 N–H and O–H groups in total. The summed E-state index contributed by atoms with van der Waals surface area (Å²) in [6.45, 7) is 2.12. The summed E-state index contributed by atoms with van der Waals surface area (Å²) in [4.78, 5) is 10.7. The van der Waals surface area contributed by atoms with Gasteiger partial charge in [0.1, 0.15) is 12.5 Å². The zero-order valence-electron chi connectivity index (χ0n) is 18.0. The van der Waals surface area contributed by atoms with E-state index in [1.807, 2.05) is 0 Å². The Bertz CT molecular complexity index is 910. The Morgan fingerprint density at radius 1 is 1.23 bits per heavy atom. The van der Waals surface area contributed by atoms with E-state index in [1.165, 1.54) is 11.1 Å². The third kappa shape index (κ3) is 5.67. The minimum Gasteiger partial charge on any atom is -0.481 e. The molecule has 3 atom stereocenters. The molecule has 0 radical (unpaired) electrons. The van der Waals surface area contributed by atoms with E-state index in [2.05, 4.69) is 54.7 Å². The number of aryl methyl sites for hydroxylation is 1. The first-order valence-electron chi connectivity index (χ1n) is 11.2. The molecule has 31 heavy (non-hydrogen) atoms. The summed E-state index contributed by atoms with van der Waals surface area (Å²) in [6, 6.07) is 8.98. The van der Waals surface area contributed by atoms with Gasteiger partial charge in [0.25, 0.3) is 0 Å². The SMILES string of the molecule is C[C@@H](N[C@H]1CC[C@H](c2ccc(CCC(=O)O)cc2)C1)C1=COC=C(C2=CC=CCC2)O1. The Kier molecular flexibility index (Phi) is 6.92. The summed E-state index contributed by atoms with van der Waals surface area (Å²) >= 11 is 0. The fourth-order valence-corrected chi connectivity index (χ4v) is 4.56. The second-order valence-electron chi connectivity index (χ2n) is 8.63. The fourth-order valence-electron chi connectivity index (χ4n) is 4.56. The maximum atomic E-state index is 10.7. The van der Waals surface area contributed by atoms with Gasteiger partial charge in [-0.05, 0) is 68.1 Å². The van der Waals surface area contributed by atoms with Gasteiger partial charge in [-0.2, -0.15) is 0 Å². The number of hydrogen-bond donors (Lipinski definition) is 2. The van der Waals surface area contributed by atoms with Crippen LogP contribution in [0, 0.1) is 0 Å². The molecule has 5 nitrogen and oxygen atoms in total. The highest BCUT2D eigenvalue weighted by Gasteiger charge is 2.28. The molecule has 0 spiro atoms. The number of ether oxygens (including phenoxy) is 2. The normalized spacial score (nSPS) is 23.8. The summed E-state index contributed by atoms with van der Waals surface area (Å²) in [5, 5.41) is 12.6. The Morgan fingerprint density at radius 3 is 2.81 bits per heavy atom. The number of benzene rings is 1. The number of hydrogen-bond acceptors (Lipinski definition) is 4. The largest absolute Gasteiger partial charge is 0.481 e. The molecule has 1 aliphatic heterocycles. The standard InChI is InChI=1S/C26H31NO4/c1-18(24-16-30-17-25(31-24)21-5-3-2-4-6-21)27-23-13-12-22(15-23)20-10-7-19(8-11-20)9-14-26(28)29/h2-3,5,7-8,10-11,16-18,22-23,27H,4,6,9,12-15H2,1H3,(H,28,29)/t18-,22+,23+/m1/s1. The van der Waals surface area contributed by atoms with Gasteiger partial charge in [-0.15, -0.1) is 0 Å². The van der Waals surface area contributed by atoms with Crippen LogP contribution >= 0.6 is 0 Å². The molecule has 1 aromatic carbocycles. The third-order valence-electron chi connectivity index (χ3n) is 6.34. The number of carboxylic acid groups (broad SMARTS) is 1. The van der Waals surface area contributed by atoms with E-state index in [4.69, 9.17) is 14.6 Å². The fraction of sp³-hybridized carbons (Fsp3) is 0.423. The first-order chi connectivity index (χ1) is 15.1. The van der Waals surface area contributed by atoms with Gasteiger partial charge >= 0.3 is 5.97 Å². The molecule has 0 bridgehead atoms. The van der Waals surface area contributed by atoms with Gasteiger partial charge in [-0.1, -0.05) is 42.5 Å². The van der Waals surface area contributed by atoms with Crippen LogP contribution in [0.15, 0.2) is 72.1 Å². The second-order valence-corrected chi connectivity index (χ2v) is 8.63. The van der Waals surface area contributed by atoms with Crippen LogP contribution < -0.4 is 5.32 Å². The Balaban J connectivity index is 1.28. The van der Waals surface area contributed by atoms with Crippen molar-refractivity contribution in [2.75, 3.05) is 0 Å². The minimum atomic E-state index is -0.750. The second kappa shape index (κ2) is 10.0. The van der Waals surface area contributed by atoms with Crippen molar-refractivity contribution < 1.29 is 19.4 Å². The van der Waals surface area contributed by atoms with Crippen LogP contribution in [-0.2, 0) is 20.7 Å². The molecular weight excluding hydrogens is 390 g/mol. The molecule has 3 aliphatic rings. The molecule has 0 unspecified atom stereocenters. The Morgan fingerprint density at radius 2 is 2.06 bits per heavy atom. The molecule has 0 saturated heterocycles. The number of rotatable bonds is 8. The van der Waals surface area contributed by atoms with Crippen molar-refractivity contribution in [1.29, 1.82) is 0 Å². The van der Waals surface area contributed by atoms with Gasteiger partial charge in [-0.3, -0.25) is 4.79 Å². The monoisotopic (exact) mass is 421 g/mol. The summed E-state index contributed by atoms with van der Waals surface area (Å²) < 4.78 is 11.7. The van der Waals surface area contributed by atoms with Crippen LogP contribution in [0.4, 0.5) is 0 Å². The lowest BCUT2D eigenvalue weighted by molar-refractivity contribution is -0.136. The summed E-state index contributed by atoms with van der Waals surface area (Å²) in [5.41, 5.74) is 3.60. The van der Waals surface area contributed by atoms with Crippen LogP contribution in [0.5, 0.6) is 0 Å². The highest BCUT2D eigenvalue weighted by atomic mass is 16.5. The zero-order chi connectivity index (χ0) is 21.6. The topological polar surface area (TPSA) is 67.8 Å². The smallest absolute Gasteiger partial charge is 0.303 e. The molecule has 0 amide bonds. The number of nitrogens with one attached hydrogen (secondary N) is 1. The molecule has 4 rings (SSSR count). The maximum Gasteiger partial charge on any atom is 0.303 e. The van der Waals surface area contributed by atoms with Gasteiger partial charge in [0.15, 0.2) is 11.5 Å². The average molecular weight is 422 g/mol. The van der Waals surface area contributed by atoms with Crippen LogP contribution in [0.3, 0.4) is 0 Å². The van der Waals surface area contributed by atoms with Gasteiger partial charge in [-0.25, -0.2) is 0 Å². The van der Waals surface area contributed by atoms with Crippen molar-refractivity contribution in [1.82, 2.24) is 5.32 Å². The van der Waals surface area contributed by atoms with Gasteiger partial charge < -0.3 is 19.9 Å². The van der Waals surface area contributed by atoms with Crippen molar-refractivity contribution in [2.45, 2.75) is 69.9 Å². The minimum absolute atomic E-state index is 0.0746. The lowest BCUT2D eigenvalue weighted by Gasteiger charge is -2.26. The van der Waals surface area contributed by atoms with Crippen LogP contribution in [0.25, 0.3) is 0 Å². The van der Waals surface area contributed by atoms with E-state index in [9.17, 15) is 4.79 Å². The highest BCUT2D eigenvalue weighted by molar-refractivity contribution is 5.67. The average Bonchev–Trinajstić information content (AvgIpc) is 3.27. The van der Waals surface area contributed by atoms with E-state index >= 15 is 0 Å². The van der Waals surface area contributed by atoms with Crippen molar-refractivity contribution in [2.24, 2.45) is 0 Å². The lowest BCUT2D eigenvalue weighted by Crippen LogP contribution is -2.37. The van der Waals surface area contributed by atoms with Crippen LogP contribution in [0.1, 0.15) is 62.5 Å². The molecular formula is C26H31NO4. The zero-order valence-corrected chi connectivity index (χ0v) is 18.0. The molecule has 5 heteroatoms. The van der Waals surface area contributed by atoms with Crippen molar-refractivity contribution in [3.05, 3.63) is 83.2 Å². The molecule has 1 aromatic rings. The van der Waals surface area contributed by atoms with Crippen molar-refractivity contribution in [3.8, 4) is 0 Å². The van der Waals surface area contributed by atoms with Gasteiger partial charge in [0, 0.05) is 12.5 Å². The lowest BCUT2D eigenvalue weighted by atomic mass is 9.95. The Labute approximate surface area is 184 Å². The quantitative estimate of drug-likeness (QED) is 0.594. The number of carbonyl (C=O) groups is 1. The molecule has 164 valence electrons.